The van der Waals surface area contributed by atoms with Crippen LogP contribution in [0.25, 0.3) is 0 Å². The molecule has 2 N–H and O–H groups in total. The number of fused-ring (bicyclic) bond motifs is 1. The van der Waals surface area contributed by atoms with Gasteiger partial charge in [0.1, 0.15) is 23.1 Å². The molecule has 7 rings (SSSR count). The lowest BCUT2D eigenvalue weighted by molar-refractivity contribution is -0.141. The number of carbonyl (C=O) groups is 3. The Labute approximate surface area is 282 Å². The van der Waals surface area contributed by atoms with Gasteiger partial charge in [0, 0.05) is 24.8 Å². The van der Waals surface area contributed by atoms with Crippen molar-refractivity contribution in [1.29, 1.82) is 0 Å². The number of hydrogen-bond acceptors (Lipinski definition) is 6. The second kappa shape index (κ2) is 13.9. The van der Waals surface area contributed by atoms with Crippen LogP contribution in [0, 0.1) is 11.8 Å². The zero-order valence-corrected chi connectivity index (χ0v) is 27.4. The molecule has 3 amide bonds. The normalized spacial score (nSPS) is 26.1. The van der Waals surface area contributed by atoms with Gasteiger partial charge in [-0.25, -0.2) is 0 Å². The first-order valence-electron chi connectivity index (χ1n) is 17.3. The van der Waals surface area contributed by atoms with E-state index in [2.05, 4.69) is 34.7 Å². The minimum absolute atomic E-state index is 0.0891. The van der Waals surface area contributed by atoms with Gasteiger partial charge in [-0.05, 0) is 74.8 Å². The second-order valence-corrected chi connectivity index (χ2v) is 13.6. The van der Waals surface area contributed by atoms with Crippen LogP contribution in [-0.2, 0) is 25.7 Å². The topological polar surface area (TPSA) is 100 Å². The maximum Gasteiger partial charge on any atom is 0.246 e. The Bertz CT molecular complexity index is 1630. The number of nitrogens with zero attached hydrogens (tertiary/aromatic N) is 2. The van der Waals surface area contributed by atoms with Crippen LogP contribution in [0.3, 0.4) is 0 Å². The van der Waals surface area contributed by atoms with Crippen LogP contribution in [0.1, 0.15) is 44.1 Å². The van der Waals surface area contributed by atoms with Crippen molar-refractivity contribution in [1.82, 2.24) is 15.1 Å². The van der Waals surface area contributed by atoms with Gasteiger partial charge in [0.15, 0.2) is 0 Å². The van der Waals surface area contributed by atoms with Crippen molar-refractivity contribution < 1.29 is 23.9 Å². The molecule has 4 aliphatic rings. The van der Waals surface area contributed by atoms with Gasteiger partial charge in [0.05, 0.1) is 17.9 Å². The summed E-state index contributed by atoms with van der Waals surface area (Å²) in [5.74, 6) is -0.834. The highest BCUT2D eigenvalue weighted by molar-refractivity contribution is 6.02. The highest BCUT2D eigenvalue weighted by Crippen LogP contribution is 2.55. The molecule has 2 saturated heterocycles. The fraction of sp³-hybridized carbons (Fsp3) is 0.410. The number of para-hydroxylation sites is 1. The molecule has 3 aromatic carbocycles. The molecule has 5 atom stereocenters. The van der Waals surface area contributed by atoms with Gasteiger partial charge < -0.3 is 29.9 Å². The highest BCUT2D eigenvalue weighted by Gasteiger charge is 2.72. The highest BCUT2D eigenvalue weighted by atomic mass is 16.5. The third-order valence-corrected chi connectivity index (χ3v) is 10.2. The van der Waals surface area contributed by atoms with Crippen molar-refractivity contribution in [3.8, 4) is 11.5 Å². The quantitative estimate of drug-likeness (QED) is 0.250. The number of anilines is 1. The molecule has 1 spiro atoms. The summed E-state index contributed by atoms with van der Waals surface area (Å²) in [7, 11) is 2.06. The lowest BCUT2D eigenvalue weighted by Gasteiger charge is -2.34. The largest absolute Gasteiger partial charge is 0.457 e. The van der Waals surface area contributed by atoms with Crippen LogP contribution >= 0.6 is 0 Å². The molecule has 9 nitrogen and oxygen atoms in total. The first-order valence-corrected chi connectivity index (χ1v) is 17.3. The van der Waals surface area contributed by atoms with E-state index < -0.39 is 29.6 Å². The van der Waals surface area contributed by atoms with Crippen molar-refractivity contribution in [3.05, 3.63) is 103 Å². The number of hydrogen-bond donors (Lipinski definition) is 2. The molecule has 0 unspecified atom stereocenters. The Morgan fingerprint density at radius 1 is 0.917 bits per heavy atom. The van der Waals surface area contributed by atoms with Crippen LogP contribution < -0.4 is 15.4 Å². The van der Waals surface area contributed by atoms with Crippen molar-refractivity contribution in [2.24, 2.45) is 11.8 Å². The van der Waals surface area contributed by atoms with Gasteiger partial charge in [-0.3, -0.25) is 14.4 Å². The molecule has 3 aliphatic heterocycles. The molecule has 0 radical (unpaired) electrons. The van der Waals surface area contributed by atoms with E-state index in [1.54, 1.807) is 29.2 Å². The first-order chi connectivity index (χ1) is 23.4. The molecule has 250 valence electrons. The number of likely N-dealkylation sites (tertiary alicyclic amines) is 1. The van der Waals surface area contributed by atoms with E-state index in [4.69, 9.17) is 9.47 Å². The zero-order chi connectivity index (χ0) is 33.1. The second-order valence-electron chi connectivity index (χ2n) is 13.6. The van der Waals surface area contributed by atoms with E-state index in [-0.39, 0.29) is 23.8 Å². The van der Waals surface area contributed by atoms with Gasteiger partial charge >= 0.3 is 0 Å². The lowest BCUT2D eigenvalue weighted by Crippen LogP contribution is -2.56. The maximum absolute atomic E-state index is 14.4. The summed E-state index contributed by atoms with van der Waals surface area (Å²) in [5.41, 5.74) is 0.640. The van der Waals surface area contributed by atoms with E-state index in [1.165, 1.54) is 12.0 Å². The monoisotopic (exact) mass is 648 g/mol. The molecule has 3 heterocycles. The summed E-state index contributed by atoms with van der Waals surface area (Å²) in [4.78, 5) is 46.3. The summed E-state index contributed by atoms with van der Waals surface area (Å²) in [6.45, 7) is 1.95. The Morgan fingerprint density at radius 2 is 1.60 bits per heavy atom. The molecule has 1 aliphatic carbocycles. The van der Waals surface area contributed by atoms with Gasteiger partial charge in [-0.15, -0.1) is 0 Å². The molecule has 0 aromatic heterocycles. The first kappa shape index (κ1) is 32.1. The summed E-state index contributed by atoms with van der Waals surface area (Å²) in [6.07, 6.45) is 9.07. The summed E-state index contributed by atoms with van der Waals surface area (Å²) in [5, 5.41) is 6.28. The number of amides is 3. The molecule has 48 heavy (non-hydrogen) atoms. The number of ether oxygens (including phenoxy) is 2. The Hall–Kier alpha value is -4.47. The Morgan fingerprint density at radius 3 is 2.33 bits per heavy atom. The van der Waals surface area contributed by atoms with Gasteiger partial charge in [-0.2, -0.15) is 0 Å². The molecule has 3 fully saturated rings. The molecule has 1 saturated carbocycles. The van der Waals surface area contributed by atoms with E-state index in [0.717, 1.165) is 44.5 Å². The van der Waals surface area contributed by atoms with E-state index in [0.29, 0.717) is 24.4 Å². The molecule has 9 heteroatoms. The smallest absolute Gasteiger partial charge is 0.246 e. The third-order valence-electron chi connectivity index (χ3n) is 10.2. The van der Waals surface area contributed by atoms with Crippen LogP contribution in [-0.4, -0.2) is 71.4 Å². The van der Waals surface area contributed by atoms with Crippen molar-refractivity contribution in [2.75, 3.05) is 25.5 Å². The van der Waals surface area contributed by atoms with Gasteiger partial charge in [-0.1, -0.05) is 79.9 Å². The van der Waals surface area contributed by atoms with Crippen LogP contribution in [0.15, 0.2) is 97.1 Å². The average molecular weight is 649 g/mol. The van der Waals surface area contributed by atoms with Crippen molar-refractivity contribution in [2.45, 2.75) is 68.9 Å². The van der Waals surface area contributed by atoms with Crippen molar-refractivity contribution in [3.63, 3.8) is 0 Å². The van der Waals surface area contributed by atoms with E-state index >= 15 is 0 Å². The van der Waals surface area contributed by atoms with Crippen molar-refractivity contribution >= 4 is 23.4 Å². The summed E-state index contributed by atoms with van der Waals surface area (Å²) >= 11 is 0. The van der Waals surface area contributed by atoms with Crippen LogP contribution in [0.4, 0.5) is 5.69 Å². The molecular formula is C39H44N4O5. The van der Waals surface area contributed by atoms with Gasteiger partial charge in [0.25, 0.3) is 0 Å². The minimum atomic E-state index is -1.17. The van der Waals surface area contributed by atoms with Crippen LogP contribution in [0.5, 0.6) is 11.5 Å². The van der Waals surface area contributed by atoms with E-state index in [9.17, 15) is 14.4 Å². The molecule has 2 bridgehead atoms. The fourth-order valence-corrected chi connectivity index (χ4v) is 7.98. The predicted octanol–water partition coefficient (Wildman–Crippen LogP) is 5.54. The molecular weight excluding hydrogens is 604 g/mol. The predicted molar refractivity (Wildman–Crippen MR) is 183 cm³/mol. The third kappa shape index (κ3) is 6.49. The Balaban J connectivity index is 1.07. The number of rotatable bonds is 12. The standard InChI is InChI=1S/C39H44N4O5/c1-42(26-27-12-5-2-6-13-27)24-11-25-43-35(37(45)41-28-14-7-3-8-15-28)39-23-22-32(48-39)33(34(39)38(43)46)36(44)40-29-18-20-31(21-19-29)47-30-16-9-4-10-17-30/h2,4-6,9-10,12-13,16-23,28,32-35H,3,7-8,11,14-15,24-26H2,1H3,(H,40,44)(H,41,45)/t32-,33-,34-,35-,39-/m0/s1. The summed E-state index contributed by atoms with van der Waals surface area (Å²) in [6, 6.07) is 26.2. The lowest BCUT2D eigenvalue weighted by atomic mass is 9.74. The minimum Gasteiger partial charge on any atom is -0.457 e. The number of nitrogens with one attached hydrogen (secondary N) is 2. The molecule has 3 aromatic rings. The van der Waals surface area contributed by atoms with Crippen LogP contribution in [0.2, 0.25) is 0 Å². The average Bonchev–Trinajstić information content (AvgIpc) is 3.74. The Kier molecular flexibility index (Phi) is 9.32. The summed E-state index contributed by atoms with van der Waals surface area (Å²) < 4.78 is 12.4. The van der Waals surface area contributed by atoms with E-state index in [1.807, 2.05) is 60.7 Å². The SMILES string of the molecule is CN(CCCN1C(=O)[C@@H]2[C@@H](C(=O)Nc3ccc(Oc4ccccc4)cc3)[C@@H]3C=C[C@@]2(O3)[C@@H]1C(=O)NC1CCCCC1)Cc1ccccc1. The number of benzene rings is 3. The zero-order valence-electron chi connectivity index (χ0n) is 27.4. The van der Waals surface area contributed by atoms with Gasteiger partial charge in [0.2, 0.25) is 17.7 Å². The fourth-order valence-electron chi connectivity index (χ4n) is 7.98. The maximum atomic E-state index is 14.4. The number of carbonyl (C=O) groups excluding carboxylic acids is 3.